The van der Waals surface area contributed by atoms with Crippen molar-refractivity contribution in [2.75, 3.05) is 0 Å². The van der Waals surface area contributed by atoms with Crippen LogP contribution in [0.3, 0.4) is 0 Å². The Hall–Kier alpha value is -3.32. The molecule has 0 unspecified atom stereocenters. The molecule has 26 heavy (non-hydrogen) atoms. The Kier molecular flexibility index (Phi) is 3.57. The second-order valence-corrected chi connectivity index (χ2v) is 6.66. The van der Waals surface area contributed by atoms with E-state index in [1.807, 2.05) is 0 Å². The summed E-state index contributed by atoms with van der Waals surface area (Å²) in [6.07, 6.45) is 0.928. The van der Waals surface area contributed by atoms with Gasteiger partial charge in [-0.2, -0.15) is 0 Å². The van der Waals surface area contributed by atoms with Crippen LogP contribution in [0.5, 0.6) is 0 Å². The van der Waals surface area contributed by atoms with Gasteiger partial charge in [-0.05, 0) is 35.7 Å². The van der Waals surface area contributed by atoms with Crippen molar-refractivity contribution < 1.29 is 0 Å². The molecule has 5 rings (SSSR count). The first-order chi connectivity index (χ1) is 12.9. The Labute approximate surface area is 153 Å². The van der Waals surface area contributed by atoms with Crippen LogP contribution in [0.4, 0.5) is 0 Å². The molecule has 0 saturated heterocycles. The van der Waals surface area contributed by atoms with Gasteiger partial charge in [-0.3, -0.25) is 0 Å². The van der Waals surface area contributed by atoms with E-state index in [1.54, 1.807) is 0 Å². The Balaban J connectivity index is 1.78. The van der Waals surface area contributed by atoms with Crippen molar-refractivity contribution in [3.63, 3.8) is 0 Å². The van der Waals surface area contributed by atoms with E-state index in [0.717, 1.165) is 6.42 Å². The van der Waals surface area contributed by atoms with Gasteiger partial charge in [0.2, 0.25) is 0 Å². The third-order valence-electron chi connectivity index (χ3n) is 5.05. The Bertz CT molecular complexity index is 1150. The Morgan fingerprint density at radius 3 is 1.73 bits per heavy atom. The van der Waals surface area contributed by atoms with E-state index in [9.17, 15) is 0 Å². The van der Waals surface area contributed by atoms with Gasteiger partial charge < -0.3 is 4.57 Å². The molecule has 4 aromatic carbocycles. The molecule has 0 N–H and O–H groups in total. The summed E-state index contributed by atoms with van der Waals surface area (Å²) in [4.78, 5) is 0. The topological polar surface area (TPSA) is 4.93 Å². The maximum Gasteiger partial charge on any atom is 0.0541 e. The number of fused-ring (bicyclic) bond motifs is 3. The molecule has 1 heterocycles. The fourth-order valence-corrected chi connectivity index (χ4v) is 3.88. The van der Waals surface area contributed by atoms with Crippen LogP contribution in [0, 0.1) is 0 Å². The van der Waals surface area contributed by atoms with Gasteiger partial charge in [0.15, 0.2) is 0 Å². The molecule has 0 atom stereocenters. The molecule has 0 saturated carbocycles. The van der Waals surface area contributed by atoms with Crippen LogP contribution in [0.2, 0.25) is 0 Å². The van der Waals surface area contributed by atoms with E-state index < -0.39 is 0 Å². The fourth-order valence-electron chi connectivity index (χ4n) is 3.88. The van der Waals surface area contributed by atoms with Crippen molar-refractivity contribution in [3.8, 4) is 5.69 Å². The van der Waals surface area contributed by atoms with E-state index >= 15 is 0 Å². The summed E-state index contributed by atoms with van der Waals surface area (Å²) in [7, 11) is 0. The van der Waals surface area contributed by atoms with Gasteiger partial charge in [0.25, 0.3) is 0 Å². The van der Waals surface area contributed by atoms with E-state index in [-0.39, 0.29) is 0 Å². The molecular formula is C25H19N. The van der Waals surface area contributed by atoms with Gasteiger partial charge in [-0.25, -0.2) is 0 Å². The standard InChI is InChI=1S/C25H19N/c1-2-10-19(11-3-1)18-20-12-4-7-15-23(20)26-24-16-8-5-13-21(24)22-14-6-9-17-25(22)26/h1-17H,18H2. The van der Waals surface area contributed by atoms with Gasteiger partial charge in [-0.15, -0.1) is 0 Å². The maximum absolute atomic E-state index is 2.41. The summed E-state index contributed by atoms with van der Waals surface area (Å²) < 4.78 is 2.41. The molecule has 124 valence electrons. The van der Waals surface area contributed by atoms with Crippen molar-refractivity contribution >= 4 is 21.8 Å². The Morgan fingerprint density at radius 2 is 1.04 bits per heavy atom. The number of nitrogens with zero attached hydrogens (tertiary/aromatic N) is 1. The van der Waals surface area contributed by atoms with Gasteiger partial charge >= 0.3 is 0 Å². The van der Waals surface area contributed by atoms with Crippen molar-refractivity contribution in [2.45, 2.75) is 6.42 Å². The van der Waals surface area contributed by atoms with Crippen LogP contribution in [0.25, 0.3) is 27.5 Å². The lowest BCUT2D eigenvalue weighted by atomic mass is 10.0. The molecule has 0 aliphatic carbocycles. The van der Waals surface area contributed by atoms with Crippen molar-refractivity contribution in [3.05, 3.63) is 114 Å². The molecule has 0 spiro atoms. The smallest absolute Gasteiger partial charge is 0.0541 e. The van der Waals surface area contributed by atoms with Crippen LogP contribution in [-0.4, -0.2) is 4.57 Å². The Morgan fingerprint density at radius 1 is 0.500 bits per heavy atom. The fraction of sp³-hybridized carbons (Fsp3) is 0.0400. The lowest BCUT2D eigenvalue weighted by Crippen LogP contribution is -2.00. The van der Waals surface area contributed by atoms with Crippen LogP contribution >= 0.6 is 0 Å². The molecule has 0 radical (unpaired) electrons. The van der Waals surface area contributed by atoms with Crippen molar-refractivity contribution in [2.24, 2.45) is 0 Å². The van der Waals surface area contributed by atoms with E-state index in [4.69, 9.17) is 0 Å². The number of benzene rings is 4. The van der Waals surface area contributed by atoms with Crippen LogP contribution in [-0.2, 0) is 6.42 Å². The molecule has 0 bridgehead atoms. The van der Waals surface area contributed by atoms with Crippen LogP contribution in [0.15, 0.2) is 103 Å². The van der Waals surface area contributed by atoms with E-state index in [2.05, 4.69) is 108 Å². The highest BCUT2D eigenvalue weighted by molar-refractivity contribution is 6.09. The van der Waals surface area contributed by atoms with E-state index in [0.29, 0.717) is 0 Å². The minimum absolute atomic E-state index is 0.928. The van der Waals surface area contributed by atoms with Crippen molar-refractivity contribution in [1.29, 1.82) is 0 Å². The summed E-state index contributed by atoms with van der Waals surface area (Å²) >= 11 is 0. The monoisotopic (exact) mass is 333 g/mol. The first-order valence-corrected chi connectivity index (χ1v) is 9.02. The zero-order valence-corrected chi connectivity index (χ0v) is 14.5. The van der Waals surface area contributed by atoms with Gasteiger partial charge in [0.1, 0.15) is 0 Å². The number of para-hydroxylation sites is 3. The number of hydrogen-bond acceptors (Lipinski definition) is 0. The summed E-state index contributed by atoms with van der Waals surface area (Å²) in [5.74, 6) is 0. The third-order valence-corrected chi connectivity index (χ3v) is 5.05. The quantitative estimate of drug-likeness (QED) is 0.361. The highest BCUT2D eigenvalue weighted by Gasteiger charge is 2.13. The van der Waals surface area contributed by atoms with Gasteiger partial charge in [0.05, 0.1) is 11.0 Å². The molecular weight excluding hydrogens is 314 g/mol. The lowest BCUT2D eigenvalue weighted by molar-refractivity contribution is 1.09. The summed E-state index contributed by atoms with van der Waals surface area (Å²) in [6.45, 7) is 0. The predicted molar refractivity (Wildman–Crippen MR) is 110 cm³/mol. The molecule has 0 amide bonds. The molecule has 0 aliphatic heterocycles. The molecule has 5 aromatic rings. The average molecular weight is 333 g/mol. The summed E-state index contributed by atoms with van der Waals surface area (Å²) in [6, 6.07) is 36.8. The summed E-state index contributed by atoms with van der Waals surface area (Å²) in [5.41, 5.74) is 6.45. The second kappa shape index (κ2) is 6.20. The molecule has 1 aromatic heterocycles. The number of aromatic nitrogens is 1. The zero-order valence-electron chi connectivity index (χ0n) is 14.5. The largest absolute Gasteiger partial charge is 0.309 e. The molecule has 1 heteroatoms. The van der Waals surface area contributed by atoms with Gasteiger partial charge in [-0.1, -0.05) is 84.9 Å². The first-order valence-electron chi connectivity index (χ1n) is 9.02. The predicted octanol–water partition coefficient (Wildman–Crippen LogP) is 6.37. The SMILES string of the molecule is c1ccc(Cc2ccccc2-n2c3ccccc3c3ccccc32)cc1. The first kappa shape index (κ1) is 15.0. The van der Waals surface area contributed by atoms with E-state index in [1.165, 1.54) is 38.6 Å². The minimum Gasteiger partial charge on any atom is -0.309 e. The highest BCUT2D eigenvalue weighted by atomic mass is 15.0. The maximum atomic E-state index is 2.41. The third kappa shape index (κ3) is 2.41. The average Bonchev–Trinajstić information content (AvgIpc) is 3.04. The number of hydrogen-bond donors (Lipinski definition) is 0. The molecule has 0 aliphatic rings. The molecule has 1 nitrogen and oxygen atoms in total. The minimum atomic E-state index is 0.928. The van der Waals surface area contributed by atoms with Gasteiger partial charge in [0, 0.05) is 16.5 Å². The van der Waals surface area contributed by atoms with Crippen LogP contribution in [0.1, 0.15) is 11.1 Å². The number of rotatable bonds is 3. The summed E-state index contributed by atoms with van der Waals surface area (Å²) in [5, 5.41) is 2.61. The molecule has 0 fully saturated rings. The lowest BCUT2D eigenvalue weighted by Gasteiger charge is -2.13. The van der Waals surface area contributed by atoms with Crippen molar-refractivity contribution in [1.82, 2.24) is 4.57 Å². The second-order valence-electron chi connectivity index (χ2n) is 6.66. The zero-order chi connectivity index (χ0) is 17.3. The highest BCUT2D eigenvalue weighted by Crippen LogP contribution is 2.33. The van der Waals surface area contributed by atoms with Crippen LogP contribution < -0.4 is 0 Å². The normalized spacial score (nSPS) is 11.2.